The molecule has 1 heterocycles. The Morgan fingerprint density at radius 1 is 1.00 bits per heavy atom. The number of piperazine rings is 1. The monoisotopic (exact) mass is 183 g/mol. The largest absolute Gasteiger partial charge is 0.301 e. The summed E-state index contributed by atoms with van der Waals surface area (Å²) in [4.78, 5) is 5.11. The number of hydrogen-bond donors (Lipinski definition) is 0. The van der Waals surface area contributed by atoms with E-state index in [1.165, 1.54) is 52.1 Å². The first-order valence-corrected chi connectivity index (χ1v) is 5.60. The summed E-state index contributed by atoms with van der Waals surface area (Å²) in [7, 11) is 0. The molecule has 0 N–H and O–H groups in total. The summed E-state index contributed by atoms with van der Waals surface area (Å²) < 4.78 is 0. The average molecular weight is 183 g/mol. The fourth-order valence-electron chi connectivity index (χ4n) is 1.84. The summed E-state index contributed by atoms with van der Waals surface area (Å²) in [6.07, 6.45) is 3.73. The summed E-state index contributed by atoms with van der Waals surface area (Å²) in [5.74, 6) is 0. The second-order valence-corrected chi connectivity index (χ2v) is 3.89. The maximum atomic E-state index is 3.89. The van der Waals surface area contributed by atoms with Crippen molar-refractivity contribution < 1.29 is 0 Å². The SMILES string of the molecule is [CH2]CCN1CCN(CCCC)CC1. The summed E-state index contributed by atoms with van der Waals surface area (Å²) in [5, 5.41) is 0. The zero-order valence-corrected chi connectivity index (χ0v) is 8.97. The molecule has 0 aromatic carbocycles. The Bertz CT molecular complexity index is 117. The summed E-state index contributed by atoms with van der Waals surface area (Å²) in [6.45, 7) is 13.7. The zero-order valence-electron chi connectivity index (χ0n) is 8.97. The Hall–Kier alpha value is -0.0800. The van der Waals surface area contributed by atoms with Crippen molar-refractivity contribution in [1.82, 2.24) is 9.80 Å². The minimum atomic E-state index is 1.05. The Morgan fingerprint density at radius 3 is 2.00 bits per heavy atom. The van der Waals surface area contributed by atoms with Crippen molar-refractivity contribution in [1.29, 1.82) is 0 Å². The Morgan fingerprint density at radius 2 is 1.54 bits per heavy atom. The molecule has 0 spiro atoms. The van der Waals surface area contributed by atoms with Gasteiger partial charge in [-0.2, -0.15) is 0 Å². The topological polar surface area (TPSA) is 6.48 Å². The van der Waals surface area contributed by atoms with E-state index in [4.69, 9.17) is 0 Å². The number of rotatable bonds is 5. The Labute approximate surface area is 82.9 Å². The minimum Gasteiger partial charge on any atom is -0.301 e. The van der Waals surface area contributed by atoms with Crippen LogP contribution in [0, 0.1) is 6.92 Å². The summed E-state index contributed by atoms with van der Waals surface area (Å²) >= 11 is 0. The third-order valence-corrected chi connectivity index (χ3v) is 2.77. The Balaban J connectivity index is 2.08. The van der Waals surface area contributed by atoms with Gasteiger partial charge in [-0.15, -0.1) is 0 Å². The van der Waals surface area contributed by atoms with Crippen LogP contribution in [0.15, 0.2) is 0 Å². The number of nitrogens with zero attached hydrogens (tertiary/aromatic N) is 2. The Kier molecular flexibility index (Phi) is 5.40. The predicted molar refractivity (Wildman–Crippen MR) is 57.8 cm³/mol. The normalized spacial score (nSPS) is 20.8. The highest BCUT2D eigenvalue weighted by atomic mass is 15.3. The molecule has 0 aromatic heterocycles. The van der Waals surface area contributed by atoms with Gasteiger partial charge in [0.05, 0.1) is 0 Å². The lowest BCUT2D eigenvalue weighted by atomic mass is 10.2. The van der Waals surface area contributed by atoms with Crippen molar-refractivity contribution in [3.8, 4) is 0 Å². The first-order chi connectivity index (χ1) is 6.36. The molecule has 2 heteroatoms. The van der Waals surface area contributed by atoms with Gasteiger partial charge >= 0.3 is 0 Å². The van der Waals surface area contributed by atoms with Crippen molar-refractivity contribution in [3.05, 3.63) is 6.92 Å². The van der Waals surface area contributed by atoms with Gasteiger partial charge in [-0.25, -0.2) is 0 Å². The molecule has 1 radical (unpaired) electrons. The van der Waals surface area contributed by atoms with Crippen molar-refractivity contribution in [2.75, 3.05) is 39.3 Å². The molecule has 77 valence electrons. The van der Waals surface area contributed by atoms with E-state index in [-0.39, 0.29) is 0 Å². The molecule has 13 heavy (non-hydrogen) atoms. The van der Waals surface area contributed by atoms with E-state index < -0.39 is 0 Å². The molecule has 0 atom stereocenters. The van der Waals surface area contributed by atoms with E-state index in [1.54, 1.807) is 0 Å². The van der Waals surface area contributed by atoms with Crippen molar-refractivity contribution in [2.45, 2.75) is 26.2 Å². The molecule has 0 amide bonds. The lowest BCUT2D eigenvalue weighted by Gasteiger charge is -2.34. The van der Waals surface area contributed by atoms with Crippen LogP contribution in [0.1, 0.15) is 26.2 Å². The van der Waals surface area contributed by atoms with Crippen LogP contribution in [0.4, 0.5) is 0 Å². The molecule has 0 aliphatic carbocycles. The third-order valence-electron chi connectivity index (χ3n) is 2.77. The van der Waals surface area contributed by atoms with Crippen LogP contribution in [0.25, 0.3) is 0 Å². The van der Waals surface area contributed by atoms with Crippen LogP contribution in [0.5, 0.6) is 0 Å². The molecule has 2 nitrogen and oxygen atoms in total. The highest BCUT2D eigenvalue weighted by molar-refractivity contribution is 4.71. The van der Waals surface area contributed by atoms with E-state index in [9.17, 15) is 0 Å². The first-order valence-electron chi connectivity index (χ1n) is 5.60. The van der Waals surface area contributed by atoms with E-state index in [2.05, 4.69) is 23.6 Å². The summed E-state index contributed by atoms with van der Waals surface area (Å²) in [6, 6.07) is 0. The van der Waals surface area contributed by atoms with Crippen molar-refractivity contribution in [2.24, 2.45) is 0 Å². The molecule has 1 rings (SSSR count). The lowest BCUT2D eigenvalue weighted by Crippen LogP contribution is -2.46. The average Bonchev–Trinajstić information content (AvgIpc) is 2.17. The molecule has 0 unspecified atom stereocenters. The van der Waals surface area contributed by atoms with Gasteiger partial charge in [0.15, 0.2) is 0 Å². The number of unbranched alkanes of at least 4 members (excludes halogenated alkanes) is 1. The second kappa shape index (κ2) is 6.39. The quantitative estimate of drug-likeness (QED) is 0.639. The molecule has 1 fully saturated rings. The van der Waals surface area contributed by atoms with Gasteiger partial charge in [-0.05, 0) is 25.9 Å². The maximum absolute atomic E-state index is 3.89. The van der Waals surface area contributed by atoms with Gasteiger partial charge in [0.1, 0.15) is 0 Å². The fourth-order valence-corrected chi connectivity index (χ4v) is 1.84. The highest BCUT2D eigenvalue weighted by Crippen LogP contribution is 2.03. The van der Waals surface area contributed by atoms with E-state index in [0.717, 1.165) is 6.42 Å². The number of hydrogen-bond acceptors (Lipinski definition) is 2. The van der Waals surface area contributed by atoms with Crippen molar-refractivity contribution in [3.63, 3.8) is 0 Å². The molecule has 1 saturated heterocycles. The van der Waals surface area contributed by atoms with E-state index in [1.807, 2.05) is 0 Å². The second-order valence-electron chi connectivity index (χ2n) is 3.89. The predicted octanol–water partition coefficient (Wildman–Crippen LogP) is 1.63. The van der Waals surface area contributed by atoms with E-state index >= 15 is 0 Å². The standard InChI is InChI=1S/C11H23N2/c1-3-5-7-13-10-8-12(6-4-2)9-11-13/h2-11H2,1H3. The van der Waals surface area contributed by atoms with Gasteiger partial charge in [0.25, 0.3) is 0 Å². The van der Waals surface area contributed by atoms with Crippen LogP contribution in [-0.4, -0.2) is 49.1 Å². The molecule has 1 aliphatic heterocycles. The maximum Gasteiger partial charge on any atom is 0.0110 e. The van der Waals surface area contributed by atoms with Crippen LogP contribution in [0.2, 0.25) is 0 Å². The van der Waals surface area contributed by atoms with Crippen molar-refractivity contribution >= 4 is 0 Å². The van der Waals surface area contributed by atoms with Crippen LogP contribution >= 0.6 is 0 Å². The molecule has 0 bridgehead atoms. The molecule has 0 aromatic rings. The lowest BCUT2D eigenvalue weighted by molar-refractivity contribution is 0.133. The molecular formula is C11H23N2. The smallest absolute Gasteiger partial charge is 0.0110 e. The third kappa shape index (κ3) is 4.10. The molecule has 1 aliphatic rings. The zero-order chi connectivity index (χ0) is 9.52. The van der Waals surface area contributed by atoms with Gasteiger partial charge in [-0.3, -0.25) is 0 Å². The highest BCUT2D eigenvalue weighted by Gasteiger charge is 2.14. The van der Waals surface area contributed by atoms with Gasteiger partial charge < -0.3 is 9.80 Å². The molecular weight excluding hydrogens is 160 g/mol. The van der Waals surface area contributed by atoms with Gasteiger partial charge in [-0.1, -0.05) is 20.3 Å². The van der Waals surface area contributed by atoms with Crippen LogP contribution in [0.3, 0.4) is 0 Å². The van der Waals surface area contributed by atoms with E-state index in [0.29, 0.717) is 0 Å². The first kappa shape index (κ1) is 11.0. The summed E-state index contributed by atoms with van der Waals surface area (Å²) in [5.41, 5.74) is 0. The van der Waals surface area contributed by atoms with Crippen LogP contribution < -0.4 is 0 Å². The van der Waals surface area contributed by atoms with Crippen LogP contribution in [-0.2, 0) is 0 Å². The fraction of sp³-hybridized carbons (Fsp3) is 0.909. The minimum absolute atomic E-state index is 1.05. The van der Waals surface area contributed by atoms with Gasteiger partial charge in [0.2, 0.25) is 0 Å². The molecule has 0 saturated carbocycles. The van der Waals surface area contributed by atoms with Gasteiger partial charge in [0, 0.05) is 26.2 Å².